The van der Waals surface area contributed by atoms with Crippen LogP contribution in [0.2, 0.25) is 0 Å². The highest BCUT2D eigenvalue weighted by molar-refractivity contribution is 5.89. The molecule has 0 radical (unpaired) electrons. The summed E-state index contributed by atoms with van der Waals surface area (Å²) in [5, 5.41) is 5.33. The summed E-state index contributed by atoms with van der Waals surface area (Å²) in [6, 6.07) is 6.00. The highest BCUT2D eigenvalue weighted by Gasteiger charge is 2.43. The van der Waals surface area contributed by atoms with Gasteiger partial charge in [0.05, 0.1) is 7.11 Å². The molecule has 0 atom stereocenters. The molecule has 132 valence electrons. The first kappa shape index (κ1) is 17.9. The van der Waals surface area contributed by atoms with Crippen LogP contribution in [0.4, 0.5) is 23.7 Å². The predicted molar refractivity (Wildman–Crippen MR) is 80.8 cm³/mol. The molecule has 0 aliphatic carbocycles. The Balaban J connectivity index is 1.78. The zero-order valence-electron chi connectivity index (χ0n) is 13.0. The largest absolute Gasteiger partial charge is 0.497 e. The van der Waals surface area contributed by atoms with E-state index in [9.17, 15) is 22.8 Å². The fraction of sp³-hybridized carbons (Fsp3) is 0.467. The van der Waals surface area contributed by atoms with Crippen LogP contribution in [0.1, 0.15) is 12.8 Å². The lowest BCUT2D eigenvalue weighted by molar-refractivity contribution is -0.186. The number of methoxy groups -OCH3 is 1. The minimum Gasteiger partial charge on any atom is -0.497 e. The molecule has 0 unspecified atom stereocenters. The van der Waals surface area contributed by atoms with Crippen molar-refractivity contribution < 1.29 is 27.5 Å². The Hall–Kier alpha value is -2.45. The molecule has 24 heavy (non-hydrogen) atoms. The van der Waals surface area contributed by atoms with Crippen LogP contribution in [0.15, 0.2) is 24.3 Å². The number of nitrogens with one attached hydrogen (secondary N) is 2. The average Bonchev–Trinajstić information content (AvgIpc) is 2.54. The summed E-state index contributed by atoms with van der Waals surface area (Å²) in [6.07, 6.45) is -4.30. The Bertz CT molecular complexity index is 582. The van der Waals surface area contributed by atoms with Gasteiger partial charge < -0.3 is 20.3 Å². The maximum Gasteiger partial charge on any atom is 0.471 e. The van der Waals surface area contributed by atoms with Crippen LogP contribution in [0.5, 0.6) is 5.75 Å². The molecule has 1 fully saturated rings. The number of rotatable bonds is 3. The van der Waals surface area contributed by atoms with Gasteiger partial charge in [-0.3, -0.25) is 4.79 Å². The fourth-order valence-corrected chi connectivity index (χ4v) is 2.43. The number of benzene rings is 1. The van der Waals surface area contributed by atoms with E-state index in [0.29, 0.717) is 11.4 Å². The van der Waals surface area contributed by atoms with Gasteiger partial charge in [-0.15, -0.1) is 0 Å². The summed E-state index contributed by atoms with van der Waals surface area (Å²) in [4.78, 5) is 23.8. The number of hydrogen-bond donors (Lipinski definition) is 2. The van der Waals surface area contributed by atoms with E-state index < -0.39 is 18.1 Å². The van der Waals surface area contributed by atoms with E-state index in [1.165, 1.54) is 7.11 Å². The quantitative estimate of drug-likeness (QED) is 0.884. The van der Waals surface area contributed by atoms with Crippen LogP contribution >= 0.6 is 0 Å². The molecule has 9 heteroatoms. The van der Waals surface area contributed by atoms with Gasteiger partial charge >= 0.3 is 18.1 Å². The van der Waals surface area contributed by atoms with Crippen molar-refractivity contribution >= 4 is 17.6 Å². The van der Waals surface area contributed by atoms with Crippen molar-refractivity contribution in [3.05, 3.63) is 24.3 Å². The number of ether oxygens (including phenoxy) is 1. The van der Waals surface area contributed by atoms with Crippen LogP contribution in [-0.2, 0) is 4.79 Å². The van der Waals surface area contributed by atoms with Crippen molar-refractivity contribution in [3.8, 4) is 5.75 Å². The predicted octanol–water partition coefficient (Wildman–Crippen LogP) is 2.37. The van der Waals surface area contributed by atoms with E-state index in [1.807, 2.05) is 0 Å². The topological polar surface area (TPSA) is 70.7 Å². The summed E-state index contributed by atoms with van der Waals surface area (Å²) in [6.45, 7) is -0.0718. The summed E-state index contributed by atoms with van der Waals surface area (Å²) in [5.74, 6) is -1.17. The van der Waals surface area contributed by atoms with Gasteiger partial charge in [0.15, 0.2) is 0 Å². The Morgan fingerprint density at radius 2 is 1.75 bits per heavy atom. The summed E-state index contributed by atoms with van der Waals surface area (Å²) < 4.78 is 42.1. The highest BCUT2D eigenvalue weighted by atomic mass is 19.4. The SMILES string of the molecule is COc1ccc(NC(=O)NC2CCN(C(=O)C(F)(F)F)CC2)cc1. The second kappa shape index (κ2) is 7.41. The number of carbonyl (C=O) groups is 2. The molecule has 0 bridgehead atoms. The Labute approximate surface area is 137 Å². The fourth-order valence-electron chi connectivity index (χ4n) is 2.43. The number of amides is 3. The molecule has 1 aliphatic rings. The Morgan fingerprint density at radius 3 is 2.25 bits per heavy atom. The zero-order chi connectivity index (χ0) is 17.7. The third-order valence-corrected chi connectivity index (χ3v) is 3.71. The van der Waals surface area contributed by atoms with Crippen molar-refractivity contribution in [1.29, 1.82) is 0 Å². The van der Waals surface area contributed by atoms with Gasteiger partial charge in [-0.05, 0) is 37.1 Å². The molecule has 0 spiro atoms. The summed E-state index contributed by atoms with van der Waals surface area (Å²) in [5.41, 5.74) is 0.568. The lowest BCUT2D eigenvalue weighted by Crippen LogP contribution is -2.50. The number of urea groups is 1. The molecular formula is C15H18F3N3O3. The van der Waals surface area contributed by atoms with Crippen LogP contribution in [0.3, 0.4) is 0 Å². The van der Waals surface area contributed by atoms with Crippen LogP contribution in [-0.4, -0.2) is 49.3 Å². The molecule has 1 saturated heterocycles. The number of alkyl halides is 3. The van der Waals surface area contributed by atoms with Crippen LogP contribution in [0, 0.1) is 0 Å². The van der Waals surface area contributed by atoms with Gasteiger partial charge in [0.25, 0.3) is 0 Å². The van der Waals surface area contributed by atoms with Crippen molar-refractivity contribution in [1.82, 2.24) is 10.2 Å². The van der Waals surface area contributed by atoms with Gasteiger partial charge in [-0.25, -0.2) is 4.79 Å². The van der Waals surface area contributed by atoms with E-state index in [1.54, 1.807) is 24.3 Å². The second-order valence-electron chi connectivity index (χ2n) is 5.39. The molecule has 2 rings (SSSR count). The van der Waals surface area contributed by atoms with E-state index in [4.69, 9.17) is 4.74 Å². The Kier molecular flexibility index (Phi) is 5.53. The number of nitrogens with zero attached hydrogens (tertiary/aromatic N) is 1. The molecule has 0 aromatic heterocycles. The molecule has 1 aromatic carbocycles. The third kappa shape index (κ3) is 4.77. The summed E-state index contributed by atoms with van der Waals surface area (Å²) in [7, 11) is 1.53. The maximum atomic E-state index is 12.4. The van der Waals surface area contributed by atoms with Crippen LogP contribution < -0.4 is 15.4 Å². The van der Waals surface area contributed by atoms with Crippen LogP contribution in [0.25, 0.3) is 0 Å². The lowest BCUT2D eigenvalue weighted by atomic mass is 10.1. The van der Waals surface area contributed by atoms with Gasteiger partial charge in [0, 0.05) is 24.8 Å². The smallest absolute Gasteiger partial charge is 0.471 e. The van der Waals surface area contributed by atoms with Crippen molar-refractivity contribution in [2.75, 3.05) is 25.5 Å². The molecular weight excluding hydrogens is 327 g/mol. The Morgan fingerprint density at radius 1 is 1.17 bits per heavy atom. The van der Waals surface area contributed by atoms with E-state index >= 15 is 0 Å². The molecule has 1 aromatic rings. The minimum atomic E-state index is -4.86. The third-order valence-electron chi connectivity index (χ3n) is 3.71. The number of piperidine rings is 1. The summed E-state index contributed by atoms with van der Waals surface area (Å²) >= 11 is 0. The first-order valence-corrected chi connectivity index (χ1v) is 7.37. The first-order chi connectivity index (χ1) is 11.3. The van der Waals surface area contributed by atoms with Crippen molar-refractivity contribution in [2.24, 2.45) is 0 Å². The molecule has 1 heterocycles. The molecule has 6 nitrogen and oxygen atoms in total. The molecule has 0 saturated carbocycles. The van der Waals surface area contributed by atoms with Gasteiger partial charge in [0.2, 0.25) is 0 Å². The zero-order valence-corrected chi connectivity index (χ0v) is 13.0. The highest BCUT2D eigenvalue weighted by Crippen LogP contribution is 2.21. The van der Waals surface area contributed by atoms with Crippen molar-refractivity contribution in [2.45, 2.75) is 25.1 Å². The normalized spacial score (nSPS) is 15.8. The molecule has 2 N–H and O–H groups in total. The number of hydrogen-bond acceptors (Lipinski definition) is 3. The lowest BCUT2D eigenvalue weighted by Gasteiger charge is -2.32. The minimum absolute atomic E-state index is 0.0359. The van der Waals surface area contributed by atoms with Gasteiger partial charge in [0.1, 0.15) is 5.75 Å². The van der Waals surface area contributed by atoms with Crippen molar-refractivity contribution in [3.63, 3.8) is 0 Å². The number of halogens is 3. The monoisotopic (exact) mass is 345 g/mol. The van der Waals surface area contributed by atoms with E-state index in [-0.39, 0.29) is 32.0 Å². The molecule has 3 amide bonds. The molecule has 1 aliphatic heterocycles. The maximum absolute atomic E-state index is 12.4. The number of likely N-dealkylation sites (tertiary alicyclic amines) is 1. The number of carbonyl (C=O) groups excluding carboxylic acids is 2. The van der Waals surface area contributed by atoms with E-state index in [0.717, 1.165) is 4.90 Å². The van der Waals surface area contributed by atoms with E-state index in [2.05, 4.69) is 10.6 Å². The average molecular weight is 345 g/mol. The number of anilines is 1. The van der Waals surface area contributed by atoms with Gasteiger partial charge in [-0.2, -0.15) is 13.2 Å². The van der Waals surface area contributed by atoms with Gasteiger partial charge in [-0.1, -0.05) is 0 Å². The first-order valence-electron chi connectivity index (χ1n) is 7.37. The standard InChI is InChI=1S/C15H18F3N3O3/c1-24-12-4-2-10(3-5-12)19-14(23)20-11-6-8-21(9-7-11)13(22)15(16,17)18/h2-5,11H,6-9H2,1H3,(H2,19,20,23). The second-order valence-corrected chi connectivity index (χ2v) is 5.39.